The van der Waals surface area contributed by atoms with Crippen LogP contribution in [0.3, 0.4) is 0 Å². The number of nitrogen functional groups attached to an aromatic ring is 1. The second-order valence-corrected chi connectivity index (χ2v) is 2.76. The summed E-state index contributed by atoms with van der Waals surface area (Å²) in [5.41, 5.74) is 7.48. The van der Waals surface area contributed by atoms with Crippen molar-refractivity contribution in [2.24, 2.45) is 0 Å². The Bertz CT molecular complexity index is 402. The molecule has 0 heterocycles. The molecule has 0 fully saturated rings. The molecule has 0 aliphatic heterocycles. The summed E-state index contributed by atoms with van der Waals surface area (Å²) in [6.45, 7) is 0. The summed E-state index contributed by atoms with van der Waals surface area (Å²) in [6, 6.07) is 7.10. The highest BCUT2D eigenvalue weighted by atomic mass is 16.1. The van der Waals surface area contributed by atoms with E-state index in [4.69, 9.17) is 11.0 Å². The minimum Gasteiger partial charge on any atom is -0.399 e. The van der Waals surface area contributed by atoms with Gasteiger partial charge in [-0.2, -0.15) is 5.26 Å². The van der Waals surface area contributed by atoms with Crippen LogP contribution >= 0.6 is 0 Å². The summed E-state index contributed by atoms with van der Waals surface area (Å²) in [6.07, 6.45) is 4.57. The van der Waals surface area contributed by atoms with Gasteiger partial charge in [-0.25, -0.2) is 0 Å². The van der Waals surface area contributed by atoms with Crippen LogP contribution in [0.4, 0.5) is 5.69 Å². The van der Waals surface area contributed by atoms with Gasteiger partial charge in [-0.1, -0.05) is 12.2 Å². The molecule has 0 bridgehead atoms. The molecular weight excluding hydrogens is 176 g/mol. The molecule has 2 N–H and O–H groups in total. The van der Waals surface area contributed by atoms with E-state index in [1.807, 2.05) is 0 Å². The summed E-state index contributed by atoms with van der Waals surface area (Å²) in [7, 11) is 0. The summed E-state index contributed by atoms with van der Waals surface area (Å²) in [4.78, 5) is 10.1. The Morgan fingerprint density at radius 2 is 2.29 bits per heavy atom. The molecule has 0 aliphatic carbocycles. The van der Waals surface area contributed by atoms with Crippen LogP contribution in [-0.2, 0) is 4.79 Å². The van der Waals surface area contributed by atoms with Crippen molar-refractivity contribution < 1.29 is 4.79 Å². The third-order valence-electron chi connectivity index (χ3n) is 1.73. The number of hydrogen-bond donors (Lipinski definition) is 1. The van der Waals surface area contributed by atoms with Crippen LogP contribution < -0.4 is 5.73 Å². The maximum Gasteiger partial charge on any atom is 0.123 e. The van der Waals surface area contributed by atoms with E-state index in [1.165, 1.54) is 0 Å². The van der Waals surface area contributed by atoms with Gasteiger partial charge in [0.2, 0.25) is 0 Å². The molecule has 0 atom stereocenters. The lowest BCUT2D eigenvalue weighted by Gasteiger charge is -1.98. The monoisotopic (exact) mass is 186 g/mol. The van der Waals surface area contributed by atoms with Crippen molar-refractivity contribution in [1.82, 2.24) is 0 Å². The van der Waals surface area contributed by atoms with E-state index in [9.17, 15) is 4.79 Å². The first-order valence-electron chi connectivity index (χ1n) is 4.17. The lowest BCUT2D eigenvalue weighted by molar-refractivity contribution is -0.107. The highest BCUT2D eigenvalue weighted by Crippen LogP contribution is 2.14. The molecule has 0 radical (unpaired) electrons. The first-order chi connectivity index (χ1) is 6.77. The van der Waals surface area contributed by atoms with E-state index in [1.54, 1.807) is 30.4 Å². The van der Waals surface area contributed by atoms with Crippen molar-refractivity contribution in [3.05, 3.63) is 35.4 Å². The molecule has 70 valence electrons. The number of nitriles is 1. The average molecular weight is 186 g/mol. The number of nitrogens with two attached hydrogens (primary N) is 1. The largest absolute Gasteiger partial charge is 0.399 e. The molecule has 14 heavy (non-hydrogen) atoms. The lowest BCUT2D eigenvalue weighted by atomic mass is 10.1. The Kier molecular flexibility index (Phi) is 3.45. The van der Waals surface area contributed by atoms with E-state index >= 15 is 0 Å². The van der Waals surface area contributed by atoms with Crippen molar-refractivity contribution in [3.63, 3.8) is 0 Å². The minimum atomic E-state index is 0.347. The number of rotatable bonds is 3. The summed E-state index contributed by atoms with van der Waals surface area (Å²) < 4.78 is 0. The fourth-order valence-corrected chi connectivity index (χ4v) is 1.07. The number of carbonyl (C=O) groups is 1. The molecule has 0 amide bonds. The average Bonchev–Trinajstić information content (AvgIpc) is 2.19. The third kappa shape index (κ3) is 2.46. The van der Waals surface area contributed by atoms with E-state index in [2.05, 4.69) is 6.07 Å². The summed E-state index contributed by atoms with van der Waals surface area (Å²) >= 11 is 0. The van der Waals surface area contributed by atoms with Gasteiger partial charge in [0, 0.05) is 12.1 Å². The Balaban J connectivity index is 3.00. The van der Waals surface area contributed by atoms with Gasteiger partial charge in [-0.15, -0.1) is 0 Å². The number of carbonyl (C=O) groups excluding carboxylic acids is 1. The highest BCUT2D eigenvalue weighted by Gasteiger charge is 1.97. The van der Waals surface area contributed by atoms with Gasteiger partial charge >= 0.3 is 0 Å². The van der Waals surface area contributed by atoms with E-state index in [-0.39, 0.29) is 0 Å². The SMILES string of the molecule is N#Cc1ccc(N)cc1C=CCC=O. The maximum absolute atomic E-state index is 10.1. The molecule has 1 aromatic carbocycles. The number of aldehydes is 1. The number of anilines is 1. The van der Waals surface area contributed by atoms with Gasteiger partial charge in [0.25, 0.3) is 0 Å². The zero-order chi connectivity index (χ0) is 10.4. The van der Waals surface area contributed by atoms with Crippen LogP contribution in [0.5, 0.6) is 0 Å². The number of benzene rings is 1. The smallest absolute Gasteiger partial charge is 0.123 e. The molecule has 3 nitrogen and oxygen atoms in total. The molecule has 1 aromatic rings. The Hall–Kier alpha value is -2.08. The molecule has 0 saturated heterocycles. The quantitative estimate of drug-likeness (QED) is 0.577. The third-order valence-corrected chi connectivity index (χ3v) is 1.73. The molecule has 0 aliphatic rings. The normalized spacial score (nSPS) is 9.93. The maximum atomic E-state index is 10.1. The van der Waals surface area contributed by atoms with Gasteiger partial charge in [0.05, 0.1) is 11.6 Å². The first-order valence-corrected chi connectivity index (χ1v) is 4.17. The van der Waals surface area contributed by atoms with Crippen molar-refractivity contribution >= 4 is 18.0 Å². The number of nitrogens with zero attached hydrogens (tertiary/aromatic N) is 1. The highest BCUT2D eigenvalue weighted by molar-refractivity contribution is 5.65. The number of allylic oxidation sites excluding steroid dienone is 1. The standard InChI is InChI=1S/C11H10N2O/c12-8-10-4-5-11(13)7-9(10)3-1-2-6-14/h1,3-7H,2,13H2. The van der Waals surface area contributed by atoms with Gasteiger partial charge in [-0.3, -0.25) is 0 Å². The Labute approximate surface area is 82.5 Å². The second kappa shape index (κ2) is 4.83. The molecular formula is C11H10N2O. The molecule has 1 rings (SSSR count). The van der Waals surface area contributed by atoms with E-state index in [0.717, 1.165) is 11.8 Å². The lowest BCUT2D eigenvalue weighted by Crippen LogP contribution is -1.88. The van der Waals surface area contributed by atoms with Crippen LogP contribution in [0.2, 0.25) is 0 Å². The van der Waals surface area contributed by atoms with Crippen LogP contribution in [-0.4, -0.2) is 6.29 Å². The van der Waals surface area contributed by atoms with Crippen molar-refractivity contribution in [1.29, 1.82) is 5.26 Å². The Morgan fingerprint density at radius 3 is 2.93 bits per heavy atom. The van der Waals surface area contributed by atoms with Crippen molar-refractivity contribution in [2.45, 2.75) is 6.42 Å². The molecule has 0 aromatic heterocycles. The predicted octanol–water partition coefficient (Wildman–Crippen LogP) is 1.74. The van der Waals surface area contributed by atoms with Gasteiger partial charge in [0.15, 0.2) is 0 Å². The molecule has 0 saturated carbocycles. The van der Waals surface area contributed by atoms with E-state index < -0.39 is 0 Å². The second-order valence-electron chi connectivity index (χ2n) is 2.76. The molecule has 3 heteroatoms. The molecule has 0 unspecified atom stereocenters. The minimum absolute atomic E-state index is 0.347. The van der Waals surface area contributed by atoms with Crippen LogP contribution in [0.25, 0.3) is 6.08 Å². The summed E-state index contributed by atoms with van der Waals surface area (Å²) in [5.74, 6) is 0. The van der Waals surface area contributed by atoms with Crippen LogP contribution in [0.15, 0.2) is 24.3 Å². The van der Waals surface area contributed by atoms with E-state index in [0.29, 0.717) is 17.7 Å². The zero-order valence-corrected chi connectivity index (χ0v) is 7.60. The van der Waals surface area contributed by atoms with Crippen LogP contribution in [0.1, 0.15) is 17.5 Å². The van der Waals surface area contributed by atoms with Crippen molar-refractivity contribution in [3.8, 4) is 6.07 Å². The first kappa shape index (κ1) is 10.0. The molecule has 0 spiro atoms. The van der Waals surface area contributed by atoms with Gasteiger partial charge < -0.3 is 10.5 Å². The predicted molar refractivity (Wildman–Crippen MR) is 55.3 cm³/mol. The fraction of sp³-hybridized carbons (Fsp3) is 0.0909. The van der Waals surface area contributed by atoms with Crippen molar-refractivity contribution in [2.75, 3.05) is 5.73 Å². The van der Waals surface area contributed by atoms with Gasteiger partial charge in [-0.05, 0) is 23.8 Å². The number of hydrogen-bond acceptors (Lipinski definition) is 3. The Morgan fingerprint density at radius 1 is 1.50 bits per heavy atom. The zero-order valence-electron chi connectivity index (χ0n) is 7.60. The van der Waals surface area contributed by atoms with Crippen LogP contribution in [0, 0.1) is 11.3 Å². The van der Waals surface area contributed by atoms with Gasteiger partial charge in [0.1, 0.15) is 6.29 Å². The topological polar surface area (TPSA) is 66.9 Å². The summed E-state index contributed by atoms with van der Waals surface area (Å²) in [5, 5.41) is 8.77. The fourth-order valence-electron chi connectivity index (χ4n) is 1.07.